The number of benzene rings is 2. The second-order valence-corrected chi connectivity index (χ2v) is 5.23. The fourth-order valence-electron chi connectivity index (χ4n) is 2.11. The van der Waals surface area contributed by atoms with Crippen molar-refractivity contribution in [3.8, 4) is 11.5 Å². The van der Waals surface area contributed by atoms with Crippen molar-refractivity contribution >= 4 is 5.91 Å². The summed E-state index contributed by atoms with van der Waals surface area (Å²) < 4.78 is 11.0. The highest BCUT2D eigenvalue weighted by Gasteiger charge is 2.05. The first-order valence-corrected chi connectivity index (χ1v) is 8.06. The molecule has 0 fully saturated rings. The molecule has 0 aliphatic carbocycles. The molecule has 0 atom stereocenters. The maximum atomic E-state index is 12.0. The van der Waals surface area contributed by atoms with Crippen molar-refractivity contribution in [1.82, 2.24) is 5.32 Å². The summed E-state index contributed by atoms with van der Waals surface area (Å²) in [4.78, 5) is 12.0. The third-order valence-corrected chi connectivity index (χ3v) is 3.47. The number of aryl methyl sites for hydroxylation is 1. The first-order valence-electron chi connectivity index (χ1n) is 8.06. The topological polar surface area (TPSA) is 47.6 Å². The van der Waals surface area contributed by atoms with Gasteiger partial charge in [0.05, 0.1) is 6.54 Å². The monoisotopic (exact) mass is 325 g/mol. The van der Waals surface area contributed by atoms with E-state index in [1.807, 2.05) is 24.3 Å². The largest absolute Gasteiger partial charge is 0.492 e. The van der Waals surface area contributed by atoms with Gasteiger partial charge in [0, 0.05) is 5.56 Å². The molecule has 0 aliphatic rings. The van der Waals surface area contributed by atoms with Crippen LogP contribution in [0.3, 0.4) is 0 Å². The van der Waals surface area contributed by atoms with E-state index in [9.17, 15) is 4.79 Å². The SMILES string of the molecule is C=CCOc1ccc(C(=O)NCCOc2ccc(CC)cc2)cc1. The number of carbonyl (C=O) groups is 1. The molecule has 0 heterocycles. The van der Waals surface area contributed by atoms with E-state index < -0.39 is 0 Å². The molecule has 1 N–H and O–H groups in total. The Labute approximate surface area is 143 Å². The van der Waals surface area contributed by atoms with Crippen LogP contribution in [-0.4, -0.2) is 25.7 Å². The quantitative estimate of drug-likeness (QED) is 0.566. The first-order chi connectivity index (χ1) is 11.7. The molecule has 2 aromatic carbocycles. The Balaban J connectivity index is 1.73. The molecule has 4 nitrogen and oxygen atoms in total. The zero-order valence-corrected chi connectivity index (χ0v) is 14.0. The predicted molar refractivity (Wildman–Crippen MR) is 95.8 cm³/mol. The molecular weight excluding hydrogens is 302 g/mol. The van der Waals surface area contributed by atoms with Gasteiger partial charge in [0.1, 0.15) is 24.7 Å². The van der Waals surface area contributed by atoms with Crippen molar-refractivity contribution in [3.05, 3.63) is 72.3 Å². The summed E-state index contributed by atoms with van der Waals surface area (Å²) in [5, 5.41) is 2.83. The van der Waals surface area contributed by atoms with E-state index in [1.165, 1.54) is 5.56 Å². The van der Waals surface area contributed by atoms with Crippen molar-refractivity contribution in [3.63, 3.8) is 0 Å². The third-order valence-electron chi connectivity index (χ3n) is 3.47. The summed E-state index contributed by atoms with van der Waals surface area (Å²) in [6.07, 6.45) is 2.68. The number of ether oxygens (including phenoxy) is 2. The van der Waals surface area contributed by atoms with Crippen molar-refractivity contribution in [2.75, 3.05) is 19.8 Å². The van der Waals surface area contributed by atoms with Crippen LogP contribution in [0.1, 0.15) is 22.8 Å². The van der Waals surface area contributed by atoms with E-state index in [1.54, 1.807) is 30.3 Å². The Kier molecular flexibility index (Phi) is 6.90. The van der Waals surface area contributed by atoms with Gasteiger partial charge in [-0.05, 0) is 48.4 Å². The van der Waals surface area contributed by atoms with E-state index in [-0.39, 0.29) is 5.91 Å². The Morgan fingerprint density at radius 1 is 1.04 bits per heavy atom. The maximum Gasteiger partial charge on any atom is 0.251 e. The highest BCUT2D eigenvalue weighted by molar-refractivity contribution is 5.94. The van der Waals surface area contributed by atoms with Gasteiger partial charge in [0.2, 0.25) is 0 Å². The van der Waals surface area contributed by atoms with Gasteiger partial charge in [0.15, 0.2) is 0 Å². The van der Waals surface area contributed by atoms with Gasteiger partial charge in [-0.25, -0.2) is 0 Å². The van der Waals surface area contributed by atoms with E-state index in [2.05, 4.69) is 18.8 Å². The van der Waals surface area contributed by atoms with Gasteiger partial charge < -0.3 is 14.8 Å². The fourth-order valence-corrected chi connectivity index (χ4v) is 2.11. The molecule has 0 bridgehead atoms. The van der Waals surface area contributed by atoms with Crippen LogP contribution >= 0.6 is 0 Å². The van der Waals surface area contributed by atoms with Crippen LogP contribution < -0.4 is 14.8 Å². The lowest BCUT2D eigenvalue weighted by molar-refractivity contribution is 0.0947. The maximum absolute atomic E-state index is 12.0. The highest BCUT2D eigenvalue weighted by atomic mass is 16.5. The van der Waals surface area contributed by atoms with E-state index in [4.69, 9.17) is 9.47 Å². The van der Waals surface area contributed by atoms with Crippen molar-refractivity contribution in [2.45, 2.75) is 13.3 Å². The van der Waals surface area contributed by atoms with Gasteiger partial charge in [-0.2, -0.15) is 0 Å². The van der Waals surface area contributed by atoms with Gasteiger partial charge in [0.25, 0.3) is 5.91 Å². The summed E-state index contributed by atoms with van der Waals surface area (Å²) in [5.41, 5.74) is 1.87. The lowest BCUT2D eigenvalue weighted by Gasteiger charge is -2.09. The molecule has 0 saturated heterocycles. The van der Waals surface area contributed by atoms with Crippen LogP contribution in [-0.2, 0) is 6.42 Å². The second kappa shape index (κ2) is 9.40. The van der Waals surface area contributed by atoms with Crippen molar-refractivity contribution < 1.29 is 14.3 Å². The van der Waals surface area contributed by atoms with Gasteiger partial charge in [-0.3, -0.25) is 4.79 Å². The third kappa shape index (κ3) is 5.47. The lowest BCUT2D eigenvalue weighted by Crippen LogP contribution is -2.28. The molecule has 0 aromatic heterocycles. The zero-order chi connectivity index (χ0) is 17.2. The van der Waals surface area contributed by atoms with Crippen LogP contribution in [0.15, 0.2) is 61.2 Å². The summed E-state index contributed by atoms with van der Waals surface area (Å²) in [5.74, 6) is 1.39. The molecule has 2 aromatic rings. The van der Waals surface area contributed by atoms with E-state index in [0.29, 0.717) is 31.1 Å². The molecule has 0 spiro atoms. The zero-order valence-electron chi connectivity index (χ0n) is 14.0. The number of hydrogen-bond donors (Lipinski definition) is 1. The normalized spacial score (nSPS) is 10.0. The van der Waals surface area contributed by atoms with Crippen LogP contribution in [0.5, 0.6) is 11.5 Å². The molecule has 0 unspecified atom stereocenters. The predicted octanol–water partition coefficient (Wildman–Crippen LogP) is 3.62. The number of nitrogens with one attached hydrogen (secondary N) is 1. The van der Waals surface area contributed by atoms with Crippen LogP contribution in [0, 0.1) is 0 Å². The summed E-state index contributed by atoms with van der Waals surface area (Å²) in [6.45, 7) is 7.03. The molecule has 0 saturated carbocycles. The van der Waals surface area contributed by atoms with Crippen LogP contribution in [0.4, 0.5) is 0 Å². The van der Waals surface area contributed by atoms with E-state index in [0.717, 1.165) is 12.2 Å². The smallest absolute Gasteiger partial charge is 0.251 e. The molecular formula is C20H23NO3. The Bertz CT molecular complexity index is 648. The van der Waals surface area contributed by atoms with Crippen molar-refractivity contribution in [1.29, 1.82) is 0 Å². The first kappa shape index (κ1) is 17.6. The minimum absolute atomic E-state index is 0.129. The number of rotatable bonds is 9. The van der Waals surface area contributed by atoms with Crippen LogP contribution in [0.25, 0.3) is 0 Å². The Morgan fingerprint density at radius 2 is 1.67 bits per heavy atom. The van der Waals surface area contributed by atoms with Crippen molar-refractivity contribution in [2.24, 2.45) is 0 Å². The number of amides is 1. The number of hydrogen-bond acceptors (Lipinski definition) is 3. The summed E-state index contributed by atoms with van der Waals surface area (Å²) in [6, 6.07) is 15.0. The van der Waals surface area contributed by atoms with Gasteiger partial charge in [-0.1, -0.05) is 31.7 Å². The molecule has 0 aliphatic heterocycles. The average molecular weight is 325 g/mol. The Hall–Kier alpha value is -2.75. The summed E-state index contributed by atoms with van der Waals surface area (Å²) in [7, 11) is 0. The molecule has 126 valence electrons. The minimum atomic E-state index is -0.129. The lowest BCUT2D eigenvalue weighted by atomic mass is 10.2. The van der Waals surface area contributed by atoms with Gasteiger partial charge in [-0.15, -0.1) is 0 Å². The van der Waals surface area contributed by atoms with E-state index >= 15 is 0 Å². The Morgan fingerprint density at radius 3 is 2.29 bits per heavy atom. The standard InChI is InChI=1S/C20H23NO3/c1-3-14-23-19-11-7-17(8-12-19)20(22)21-13-15-24-18-9-5-16(4-2)6-10-18/h3,5-12H,1,4,13-15H2,2H3,(H,21,22). The summed E-state index contributed by atoms with van der Waals surface area (Å²) >= 11 is 0. The highest BCUT2D eigenvalue weighted by Crippen LogP contribution is 2.13. The molecule has 2 rings (SSSR count). The molecule has 1 amide bonds. The average Bonchev–Trinajstić information content (AvgIpc) is 2.64. The second-order valence-electron chi connectivity index (χ2n) is 5.23. The molecule has 0 radical (unpaired) electrons. The minimum Gasteiger partial charge on any atom is -0.492 e. The molecule has 4 heteroatoms. The van der Waals surface area contributed by atoms with Crippen LogP contribution in [0.2, 0.25) is 0 Å². The molecule has 24 heavy (non-hydrogen) atoms. The number of carbonyl (C=O) groups excluding carboxylic acids is 1. The fraction of sp³-hybridized carbons (Fsp3) is 0.250. The van der Waals surface area contributed by atoms with Gasteiger partial charge >= 0.3 is 0 Å².